The second-order valence-corrected chi connectivity index (χ2v) is 9.58. The van der Waals surface area contributed by atoms with Crippen molar-refractivity contribution in [3.8, 4) is 11.5 Å². The topological polar surface area (TPSA) is 80.6 Å². The number of sulfonamides is 1. The van der Waals surface area contributed by atoms with Crippen molar-refractivity contribution in [2.75, 3.05) is 18.4 Å². The molecule has 32 heavy (non-hydrogen) atoms. The predicted octanol–water partition coefficient (Wildman–Crippen LogP) is 4.38. The first-order valence-electron chi connectivity index (χ1n) is 10.3. The average molecular weight is 458 g/mol. The number of halogens is 1. The molecule has 1 saturated heterocycles. The fraction of sp³-hybridized carbons (Fsp3) is 0.261. The van der Waals surface area contributed by atoms with Gasteiger partial charge in [-0.3, -0.25) is 4.79 Å². The van der Waals surface area contributed by atoms with Gasteiger partial charge >= 0.3 is 0 Å². The van der Waals surface area contributed by atoms with E-state index < -0.39 is 21.7 Å². The maximum atomic E-state index is 13.5. The minimum absolute atomic E-state index is 0.0938. The van der Waals surface area contributed by atoms with Crippen LogP contribution in [0.25, 0.3) is 0 Å². The van der Waals surface area contributed by atoms with Crippen LogP contribution in [0, 0.1) is 5.82 Å². The molecule has 0 radical (unpaired) electrons. The summed E-state index contributed by atoms with van der Waals surface area (Å²) in [5.74, 6) is -0.291. The molecule has 1 fully saturated rings. The summed E-state index contributed by atoms with van der Waals surface area (Å²) in [6, 6.07) is 13.8. The summed E-state index contributed by atoms with van der Waals surface area (Å²) in [7, 11) is -2.03. The van der Waals surface area contributed by atoms with E-state index in [4.69, 9.17) is 4.74 Å². The highest BCUT2D eigenvalue weighted by Gasteiger charge is 2.28. The van der Waals surface area contributed by atoms with E-state index in [-0.39, 0.29) is 10.6 Å². The van der Waals surface area contributed by atoms with Gasteiger partial charge in [-0.2, -0.15) is 4.31 Å². The van der Waals surface area contributed by atoms with Crippen LogP contribution < -0.4 is 10.1 Å². The monoisotopic (exact) mass is 457 g/mol. The van der Waals surface area contributed by atoms with Crippen LogP contribution in [0.3, 0.4) is 0 Å². The summed E-state index contributed by atoms with van der Waals surface area (Å²) in [4.78, 5) is 13.0. The lowest BCUT2D eigenvalue weighted by Gasteiger charge is -2.25. The van der Waals surface area contributed by atoms with Crippen LogP contribution in [-0.4, -0.2) is 36.3 Å². The number of aromatic nitrogens is 1. The van der Waals surface area contributed by atoms with E-state index in [1.165, 1.54) is 39.3 Å². The van der Waals surface area contributed by atoms with Crippen LogP contribution in [0.2, 0.25) is 0 Å². The number of nitrogens with one attached hydrogen (secondary N) is 1. The Morgan fingerprint density at radius 3 is 2.53 bits per heavy atom. The molecule has 0 saturated carbocycles. The van der Waals surface area contributed by atoms with Gasteiger partial charge < -0.3 is 14.6 Å². The van der Waals surface area contributed by atoms with Gasteiger partial charge in [-0.05, 0) is 43.2 Å². The number of carbonyl (C=O) groups is 1. The van der Waals surface area contributed by atoms with E-state index in [1.807, 2.05) is 0 Å². The van der Waals surface area contributed by atoms with Crippen LogP contribution in [0.4, 0.5) is 10.1 Å². The van der Waals surface area contributed by atoms with Gasteiger partial charge in [0.05, 0.1) is 5.69 Å². The van der Waals surface area contributed by atoms with Gasteiger partial charge in [0.15, 0.2) is 5.75 Å². The number of para-hydroxylation sites is 2. The molecular formula is C23H24FN3O4S. The summed E-state index contributed by atoms with van der Waals surface area (Å²) in [6.07, 6.45) is 4.14. The number of ether oxygens (including phenoxy) is 1. The van der Waals surface area contributed by atoms with Crippen LogP contribution in [-0.2, 0) is 17.1 Å². The molecule has 0 atom stereocenters. The van der Waals surface area contributed by atoms with Gasteiger partial charge in [0.1, 0.15) is 22.2 Å². The molecule has 1 aliphatic heterocycles. The van der Waals surface area contributed by atoms with Crippen LogP contribution in [0.1, 0.15) is 29.8 Å². The Bertz CT molecular complexity index is 1230. The quantitative estimate of drug-likeness (QED) is 0.596. The minimum Gasteiger partial charge on any atom is -0.455 e. The Hall–Kier alpha value is -3.17. The maximum absolute atomic E-state index is 13.5. The first-order chi connectivity index (χ1) is 15.3. The van der Waals surface area contributed by atoms with Crippen LogP contribution in [0.5, 0.6) is 11.5 Å². The average Bonchev–Trinajstić information content (AvgIpc) is 3.18. The maximum Gasteiger partial charge on any atom is 0.272 e. The number of aryl methyl sites for hydroxylation is 1. The third-order valence-corrected chi connectivity index (χ3v) is 7.19. The summed E-state index contributed by atoms with van der Waals surface area (Å²) in [5.41, 5.74) is 0.574. The van der Waals surface area contributed by atoms with Crippen molar-refractivity contribution in [1.82, 2.24) is 8.87 Å². The molecule has 0 aliphatic carbocycles. The third-order valence-electron chi connectivity index (χ3n) is 5.32. The molecule has 1 aromatic heterocycles. The van der Waals surface area contributed by atoms with E-state index in [1.54, 1.807) is 37.4 Å². The van der Waals surface area contributed by atoms with E-state index in [2.05, 4.69) is 5.32 Å². The lowest BCUT2D eigenvalue weighted by Crippen LogP contribution is -2.35. The molecule has 4 rings (SSSR count). The SMILES string of the molecule is Cn1cc(S(=O)(=O)N2CCCCC2)cc1C(=O)Nc1ccccc1Oc1cccc(F)c1. The first kappa shape index (κ1) is 22.0. The molecule has 1 aliphatic rings. The van der Waals surface area contributed by atoms with Crippen molar-refractivity contribution in [3.05, 3.63) is 72.3 Å². The van der Waals surface area contributed by atoms with Crippen molar-refractivity contribution in [3.63, 3.8) is 0 Å². The number of piperidine rings is 1. The summed E-state index contributed by atoms with van der Waals surface area (Å²) < 4.78 is 48.1. The normalized spacial score (nSPS) is 14.8. The predicted molar refractivity (Wildman–Crippen MR) is 119 cm³/mol. The largest absolute Gasteiger partial charge is 0.455 e. The number of amides is 1. The lowest BCUT2D eigenvalue weighted by molar-refractivity contribution is 0.101. The highest BCUT2D eigenvalue weighted by molar-refractivity contribution is 7.89. The zero-order chi connectivity index (χ0) is 22.7. The van der Waals surface area contributed by atoms with Gasteiger partial charge in [-0.15, -0.1) is 0 Å². The molecular weight excluding hydrogens is 433 g/mol. The number of carbonyl (C=O) groups excluding carboxylic acids is 1. The fourth-order valence-corrected chi connectivity index (χ4v) is 5.25. The molecule has 2 heterocycles. The molecule has 2 aromatic carbocycles. The van der Waals surface area contributed by atoms with Crippen LogP contribution in [0.15, 0.2) is 65.7 Å². The molecule has 0 bridgehead atoms. The Morgan fingerprint density at radius 1 is 1.03 bits per heavy atom. The molecule has 7 nitrogen and oxygen atoms in total. The molecule has 168 valence electrons. The Labute approximate surface area is 186 Å². The zero-order valence-corrected chi connectivity index (χ0v) is 18.4. The van der Waals surface area contributed by atoms with Crippen molar-refractivity contribution in [2.45, 2.75) is 24.2 Å². The smallest absolute Gasteiger partial charge is 0.272 e. The van der Waals surface area contributed by atoms with Gasteiger partial charge in [0.25, 0.3) is 5.91 Å². The first-order valence-corrected chi connectivity index (χ1v) is 11.8. The Morgan fingerprint density at radius 2 is 1.78 bits per heavy atom. The summed E-state index contributed by atoms with van der Waals surface area (Å²) in [6.45, 7) is 0.979. The van der Waals surface area contributed by atoms with E-state index in [0.29, 0.717) is 30.3 Å². The van der Waals surface area contributed by atoms with Gasteiger partial charge in [0, 0.05) is 32.4 Å². The second kappa shape index (κ2) is 9.13. The molecule has 0 spiro atoms. The molecule has 1 amide bonds. The van der Waals surface area contributed by atoms with Crippen molar-refractivity contribution in [1.29, 1.82) is 0 Å². The number of hydrogen-bond donors (Lipinski definition) is 1. The van der Waals surface area contributed by atoms with E-state index in [9.17, 15) is 17.6 Å². The molecule has 1 N–H and O–H groups in total. The third kappa shape index (κ3) is 4.68. The minimum atomic E-state index is -3.65. The molecule has 9 heteroatoms. The van der Waals surface area contributed by atoms with Crippen LogP contribution >= 0.6 is 0 Å². The van der Waals surface area contributed by atoms with Crippen molar-refractivity contribution in [2.24, 2.45) is 7.05 Å². The second-order valence-electron chi connectivity index (χ2n) is 7.65. The number of benzene rings is 2. The van der Waals surface area contributed by atoms with Crippen molar-refractivity contribution < 1.29 is 22.3 Å². The summed E-state index contributed by atoms with van der Waals surface area (Å²) >= 11 is 0. The fourth-order valence-electron chi connectivity index (χ4n) is 3.66. The highest BCUT2D eigenvalue weighted by atomic mass is 32.2. The molecule has 3 aromatic rings. The number of rotatable bonds is 6. The van der Waals surface area contributed by atoms with E-state index in [0.717, 1.165) is 19.3 Å². The molecule has 0 unspecified atom stereocenters. The number of nitrogens with zero attached hydrogens (tertiary/aromatic N) is 2. The van der Waals surface area contributed by atoms with Gasteiger partial charge in [-0.25, -0.2) is 12.8 Å². The highest BCUT2D eigenvalue weighted by Crippen LogP contribution is 2.30. The number of anilines is 1. The lowest BCUT2D eigenvalue weighted by atomic mass is 10.2. The number of hydrogen-bond acceptors (Lipinski definition) is 4. The zero-order valence-electron chi connectivity index (χ0n) is 17.6. The van der Waals surface area contributed by atoms with Gasteiger partial charge in [-0.1, -0.05) is 24.6 Å². The summed E-state index contributed by atoms with van der Waals surface area (Å²) in [5, 5.41) is 2.76. The standard InChI is InChI=1S/C23H24FN3O4S/c1-26-16-19(32(29,30)27-12-5-2-6-13-27)15-21(26)23(28)25-20-10-3-4-11-22(20)31-18-9-7-8-17(24)14-18/h3-4,7-11,14-16H,2,5-6,12-13H2,1H3,(H,25,28). The van der Waals surface area contributed by atoms with E-state index >= 15 is 0 Å². The van der Waals surface area contributed by atoms with Crippen molar-refractivity contribution >= 4 is 21.6 Å². The Kier molecular flexibility index (Phi) is 6.29. The van der Waals surface area contributed by atoms with Gasteiger partial charge in [0.2, 0.25) is 10.0 Å². The Balaban J connectivity index is 1.55.